The van der Waals surface area contributed by atoms with Crippen LogP contribution in [0.25, 0.3) is 0 Å². The van der Waals surface area contributed by atoms with E-state index in [1.165, 1.54) is 0 Å². The lowest BCUT2D eigenvalue weighted by molar-refractivity contribution is -0.115. The molecular weight excluding hydrogens is 290 g/mol. The second-order valence-corrected chi connectivity index (χ2v) is 6.28. The third kappa shape index (κ3) is 5.33. The highest BCUT2D eigenvalue weighted by Gasteiger charge is 2.12. The predicted molar refractivity (Wildman–Crippen MR) is 92.2 cm³/mol. The van der Waals surface area contributed by atoms with Crippen LogP contribution in [0.15, 0.2) is 48.5 Å². The molecule has 0 fully saturated rings. The van der Waals surface area contributed by atoms with Crippen molar-refractivity contribution in [3.05, 3.63) is 54.1 Å². The van der Waals surface area contributed by atoms with Gasteiger partial charge in [-0.25, -0.2) is 0 Å². The Morgan fingerprint density at radius 1 is 1.04 bits per heavy atom. The zero-order valence-corrected chi connectivity index (χ0v) is 14.1. The molecule has 4 heteroatoms. The van der Waals surface area contributed by atoms with Crippen LogP contribution in [0.5, 0.6) is 11.5 Å². The summed E-state index contributed by atoms with van der Waals surface area (Å²) in [6.07, 6.45) is 0.299. The van der Waals surface area contributed by atoms with Crippen LogP contribution in [-0.4, -0.2) is 18.6 Å². The zero-order chi connectivity index (χ0) is 16.9. The maximum Gasteiger partial charge on any atom is 0.228 e. The van der Waals surface area contributed by atoms with Gasteiger partial charge in [-0.2, -0.15) is 0 Å². The average molecular weight is 313 g/mol. The molecule has 0 bridgehead atoms. The van der Waals surface area contributed by atoms with Crippen LogP contribution in [-0.2, 0) is 11.2 Å². The first-order valence-electron chi connectivity index (χ1n) is 7.58. The number of carbonyl (C=O) groups is 1. The van der Waals surface area contributed by atoms with Crippen molar-refractivity contribution in [3.8, 4) is 11.5 Å². The minimum atomic E-state index is -0.233. The third-order valence-electron chi connectivity index (χ3n) is 3.09. The Labute approximate surface area is 137 Å². The van der Waals surface area contributed by atoms with Gasteiger partial charge in [-0.15, -0.1) is 0 Å². The van der Waals surface area contributed by atoms with Gasteiger partial charge in [0, 0.05) is 0 Å². The molecule has 122 valence electrons. The van der Waals surface area contributed by atoms with Gasteiger partial charge >= 0.3 is 0 Å². The van der Waals surface area contributed by atoms with Gasteiger partial charge in [-0.3, -0.25) is 4.79 Å². The summed E-state index contributed by atoms with van der Waals surface area (Å²) in [5.41, 5.74) is 1.37. The summed E-state index contributed by atoms with van der Waals surface area (Å²) >= 11 is 0. The first kappa shape index (κ1) is 16.9. The smallest absolute Gasteiger partial charge is 0.228 e. The fourth-order valence-electron chi connectivity index (χ4n) is 2.16. The molecule has 0 aliphatic carbocycles. The maximum atomic E-state index is 12.2. The van der Waals surface area contributed by atoms with Crippen molar-refractivity contribution < 1.29 is 14.3 Å². The SMILES string of the molecule is COc1ccccc1NC(=O)Cc1ccc(OC(C)(C)C)cc1. The van der Waals surface area contributed by atoms with E-state index in [-0.39, 0.29) is 11.5 Å². The molecule has 0 radical (unpaired) electrons. The molecule has 2 aromatic rings. The minimum Gasteiger partial charge on any atom is -0.495 e. The van der Waals surface area contributed by atoms with E-state index in [4.69, 9.17) is 9.47 Å². The molecule has 0 aliphatic heterocycles. The van der Waals surface area contributed by atoms with Gasteiger partial charge in [0.25, 0.3) is 0 Å². The number of para-hydroxylation sites is 2. The Morgan fingerprint density at radius 3 is 2.30 bits per heavy atom. The third-order valence-corrected chi connectivity index (χ3v) is 3.09. The van der Waals surface area contributed by atoms with Crippen molar-refractivity contribution in [1.29, 1.82) is 0 Å². The van der Waals surface area contributed by atoms with Gasteiger partial charge in [0.05, 0.1) is 19.2 Å². The van der Waals surface area contributed by atoms with Crippen LogP contribution in [0.4, 0.5) is 5.69 Å². The monoisotopic (exact) mass is 313 g/mol. The van der Waals surface area contributed by atoms with Crippen molar-refractivity contribution in [1.82, 2.24) is 0 Å². The number of rotatable bonds is 5. The molecule has 0 saturated heterocycles. The fourth-order valence-corrected chi connectivity index (χ4v) is 2.16. The summed E-state index contributed by atoms with van der Waals surface area (Å²) in [7, 11) is 1.58. The van der Waals surface area contributed by atoms with Crippen molar-refractivity contribution in [2.24, 2.45) is 0 Å². The van der Waals surface area contributed by atoms with Gasteiger partial charge < -0.3 is 14.8 Å². The van der Waals surface area contributed by atoms with E-state index in [0.717, 1.165) is 11.3 Å². The van der Waals surface area contributed by atoms with E-state index in [0.29, 0.717) is 17.9 Å². The number of amides is 1. The Bertz CT molecular complexity index is 657. The lowest BCUT2D eigenvalue weighted by atomic mass is 10.1. The summed E-state index contributed by atoms with van der Waals surface area (Å²) in [4.78, 5) is 12.2. The summed E-state index contributed by atoms with van der Waals surface area (Å²) in [5, 5.41) is 2.87. The topological polar surface area (TPSA) is 47.6 Å². The van der Waals surface area contributed by atoms with Crippen molar-refractivity contribution in [2.45, 2.75) is 32.8 Å². The highest BCUT2D eigenvalue weighted by atomic mass is 16.5. The van der Waals surface area contributed by atoms with E-state index >= 15 is 0 Å². The zero-order valence-electron chi connectivity index (χ0n) is 14.1. The number of nitrogens with one attached hydrogen (secondary N) is 1. The van der Waals surface area contributed by atoms with Crippen molar-refractivity contribution in [2.75, 3.05) is 12.4 Å². The highest BCUT2D eigenvalue weighted by Crippen LogP contribution is 2.23. The highest BCUT2D eigenvalue weighted by molar-refractivity contribution is 5.93. The summed E-state index contributed by atoms with van der Waals surface area (Å²) in [6.45, 7) is 6.00. The Morgan fingerprint density at radius 2 is 1.70 bits per heavy atom. The molecule has 2 aromatic carbocycles. The molecule has 0 aliphatic rings. The Kier molecular flexibility index (Phi) is 5.27. The van der Waals surface area contributed by atoms with Crippen LogP contribution >= 0.6 is 0 Å². The van der Waals surface area contributed by atoms with E-state index in [1.54, 1.807) is 7.11 Å². The second-order valence-electron chi connectivity index (χ2n) is 6.28. The van der Waals surface area contributed by atoms with Crippen LogP contribution < -0.4 is 14.8 Å². The number of anilines is 1. The van der Waals surface area contributed by atoms with Gasteiger partial charge in [0.2, 0.25) is 5.91 Å². The molecule has 0 heterocycles. The summed E-state index contributed by atoms with van der Waals surface area (Å²) in [5.74, 6) is 1.36. The second kappa shape index (κ2) is 7.18. The molecular formula is C19H23NO3. The first-order chi connectivity index (χ1) is 10.9. The van der Waals surface area contributed by atoms with Crippen LogP contribution in [0, 0.1) is 0 Å². The summed E-state index contributed by atoms with van der Waals surface area (Å²) in [6, 6.07) is 14.9. The van der Waals surface area contributed by atoms with Crippen LogP contribution in [0.2, 0.25) is 0 Å². The van der Waals surface area contributed by atoms with Gasteiger partial charge in [-0.1, -0.05) is 24.3 Å². The van der Waals surface area contributed by atoms with Crippen LogP contribution in [0.3, 0.4) is 0 Å². The quantitative estimate of drug-likeness (QED) is 0.905. The summed E-state index contributed by atoms with van der Waals surface area (Å²) < 4.78 is 11.0. The molecule has 0 aromatic heterocycles. The Hall–Kier alpha value is -2.49. The molecule has 1 N–H and O–H groups in total. The predicted octanol–water partition coefficient (Wildman–Crippen LogP) is 4.05. The standard InChI is InChI=1S/C19H23NO3/c1-19(2,3)23-15-11-9-14(10-12-15)13-18(21)20-16-7-5-6-8-17(16)22-4/h5-12H,13H2,1-4H3,(H,20,21). The lowest BCUT2D eigenvalue weighted by Gasteiger charge is -2.21. The average Bonchev–Trinajstić information content (AvgIpc) is 2.48. The van der Waals surface area contributed by atoms with Gasteiger partial charge in [0.15, 0.2) is 0 Å². The number of hydrogen-bond acceptors (Lipinski definition) is 3. The molecule has 0 spiro atoms. The first-order valence-corrected chi connectivity index (χ1v) is 7.58. The Balaban J connectivity index is 1.98. The fraction of sp³-hybridized carbons (Fsp3) is 0.316. The van der Waals surface area contributed by atoms with Crippen molar-refractivity contribution in [3.63, 3.8) is 0 Å². The van der Waals surface area contributed by atoms with E-state index < -0.39 is 0 Å². The lowest BCUT2D eigenvalue weighted by Crippen LogP contribution is -2.22. The number of methoxy groups -OCH3 is 1. The molecule has 0 unspecified atom stereocenters. The molecule has 1 amide bonds. The number of ether oxygens (including phenoxy) is 2. The van der Waals surface area contributed by atoms with E-state index in [2.05, 4.69) is 5.32 Å². The molecule has 4 nitrogen and oxygen atoms in total. The van der Waals surface area contributed by atoms with Crippen molar-refractivity contribution >= 4 is 11.6 Å². The van der Waals surface area contributed by atoms with E-state index in [9.17, 15) is 4.79 Å². The molecule has 23 heavy (non-hydrogen) atoms. The van der Waals surface area contributed by atoms with Crippen LogP contribution in [0.1, 0.15) is 26.3 Å². The normalized spacial score (nSPS) is 11.0. The maximum absolute atomic E-state index is 12.2. The molecule has 0 atom stereocenters. The number of hydrogen-bond donors (Lipinski definition) is 1. The number of benzene rings is 2. The van der Waals surface area contributed by atoms with Gasteiger partial charge in [0.1, 0.15) is 17.1 Å². The molecule has 2 rings (SSSR count). The number of carbonyl (C=O) groups excluding carboxylic acids is 1. The largest absolute Gasteiger partial charge is 0.495 e. The molecule has 0 saturated carbocycles. The minimum absolute atomic E-state index is 0.0843. The van der Waals surface area contributed by atoms with Gasteiger partial charge in [-0.05, 0) is 50.6 Å². The van der Waals surface area contributed by atoms with E-state index in [1.807, 2.05) is 69.3 Å².